The highest BCUT2D eigenvalue weighted by Gasteiger charge is 2.20. The summed E-state index contributed by atoms with van der Waals surface area (Å²) in [5.74, 6) is 2.88. The van der Waals surface area contributed by atoms with Crippen molar-refractivity contribution in [1.29, 1.82) is 0 Å². The molecule has 0 aromatic carbocycles. The maximum Gasteiger partial charge on any atom is -0.0144 e. The summed E-state index contributed by atoms with van der Waals surface area (Å²) < 4.78 is 0. The fourth-order valence-corrected chi connectivity index (χ4v) is 2.01. The zero-order valence-electron chi connectivity index (χ0n) is 9.54. The lowest BCUT2D eigenvalue weighted by atomic mass is 9.78. The first-order chi connectivity index (χ1) is 6.02. The van der Waals surface area contributed by atoms with Crippen molar-refractivity contribution in [2.45, 2.75) is 34.6 Å². The second kappa shape index (κ2) is 4.13. The van der Waals surface area contributed by atoms with Crippen LogP contribution in [0.5, 0.6) is 0 Å². The first kappa shape index (κ1) is 10.6. The fourth-order valence-electron chi connectivity index (χ4n) is 2.01. The monoisotopic (exact) mass is 178 g/mol. The molecule has 0 N–H and O–H groups in total. The Morgan fingerprint density at radius 1 is 1.15 bits per heavy atom. The van der Waals surface area contributed by atoms with Crippen LogP contribution in [-0.4, -0.2) is 0 Å². The minimum absolute atomic E-state index is 0.671. The van der Waals surface area contributed by atoms with E-state index >= 15 is 0 Å². The van der Waals surface area contributed by atoms with Crippen molar-refractivity contribution >= 4 is 0 Å². The Morgan fingerprint density at radius 3 is 2.23 bits per heavy atom. The third kappa shape index (κ3) is 2.46. The van der Waals surface area contributed by atoms with Gasteiger partial charge in [0.25, 0.3) is 0 Å². The number of allylic oxidation sites excluding steroid dienone is 4. The van der Waals surface area contributed by atoms with Gasteiger partial charge >= 0.3 is 0 Å². The summed E-state index contributed by atoms with van der Waals surface area (Å²) in [7, 11) is 0. The molecule has 0 aromatic rings. The summed E-state index contributed by atoms with van der Waals surface area (Å²) in [6, 6.07) is 0. The molecule has 2 unspecified atom stereocenters. The molecule has 1 aliphatic rings. The smallest absolute Gasteiger partial charge is 0.0144 e. The van der Waals surface area contributed by atoms with Crippen LogP contribution in [0.4, 0.5) is 0 Å². The molecule has 0 fully saturated rings. The standard InChI is InChI=1S/C13H22/c1-9(2)12-7-6-11(5)13(8-12)10(3)4/h6-11,13H,1-5H3. The molecule has 0 saturated carbocycles. The van der Waals surface area contributed by atoms with Gasteiger partial charge in [0.05, 0.1) is 0 Å². The lowest BCUT2D eigenvalue weighted by molar-refractivity contribution is 0.376. The zero-order chi connectivity index (χ0) is 10.0. The van der Waals surface area contributed by atoms with Gasteiger partial charge in [0, 0.05) is 0 Å². The van der Waals surface area contributed by atoms with E-state index in [1.165, 1.54) is 5.57 Å². The molecule has 74 valence electrons. The summed E-state index contributed by atoms with van der Waals surface area (Å²) in [6.45, 7) is 11.5. The summed E-state index contributed by atoms with van der Waals surface area (Å²) in [5.41, 5.74) is 1.51. The van der Waals surface area contributed by atoms with E-state index in [1.54, 1.807) is 0 Å². The summed E-state index contributed by atoms with van der Waals surface area (Å²) >= 11 is 0. The third-order valence-electron chi connectivity index (χ3n) is 3.02. The first-order valence-electron chi connectivity index (χ1n) is 5.42. The Hall–Kier alpha value is -0.520. The molecule has 1 aliphatic carbocycles. The summed E-state index contributed by atoms with van der Waals surface area (Å²) in [5, 5.41) is 0. The van der Waals surface area contributed by atoms with Crippen molar-refractivity contribution in [2.24, 2.45) is 23.7 Å². The lowest BCUT2D eigenvalue weighted by Crippen LogP contribution is -2.17. The quantitative estimate of drug-likeness (QED) is 0.598. The van der Waals surface area contributed by atoms with E-state index in [0.717, 1.165) is 11.8 Å². The second-order valence-corrected chi connectivity index (χ2v) is 4.86. The molecule has 0 aromatic heterocycles. The van der Waals surface area contributed by atoms with E-state index < -0.39 is 0 Å². The molecule has 13 heavy (non-hydrogen) atoms. The molecule has 0 nitrogen and oxygen atoms in total. The summed E-state index contributed by atoms with van der Waals surface area (Å²) in [4.78, 5) is 0. The molecule has 0 heteroatoms. The van der Waals surface area contributed by atoms with E-state index in [2.05, 4.69) is 52.8 Å². The Morgan fingerprint density at radius 2 is 1.77 bits per heavy atom. The van der Waals surface area contributed by atoms with Crippen LogP contribution in [0.3, 0.4) is 0 Å². The van der Waals surface area contributed by atoms with Crippen LogP contribution in [0, 0.1) is 23.7 Å². The molecule has 0 heterocycles. The van der Waals surface area contributed by atoms with Crippen LogP contribution >= 0.6 is 0 Å². The van der Waals surface area contributed by atoms with Gasteiger partial charge in [-0.05, 0) is 29.2 Å². The van der Waals surface area contributed by atoms with Crippen LogP contribution in [-0.2, 0) is 0 Å². The summed E-state index contributed by atoms with van der Waals surface area (Å²) in [6.07, 6.45) is 7.13. The second-order valence-electron chi connectivity index (χ2n) is 4.86. The van der Waals surface area contributed by atoms with Crippen LogP contribution in [0.25, 0.3) is 0 Å². The van der Waals surface area contributed by atoms with Crippen LogP contribution < -0.4 is 0 Å². The predicted molar refractivity (Wildman–Crippen MR) is 59.6 cm³/mol. The third-order valence-corrected chi connectivity index (χ3v) is 3.02. The van der Waals surface area contributed by atoms with Gasteiger partial charge in [-0.3, -0.25) is 0 Å². The highest BCUT2D eigenvalue weighted by atomic mass is 14.3. The SMILES string of the molecule is CC(C)C1=CC(C(C)C)C(C)C=C1. The van der Waals surface area contributed by atoms with Crippen LogP contribution in [0.15, 0.2) is 23.8 Å². The van der Waals surface area contributed by atoms with Crippen molar-refractivity contribution in [2.75, 3.05) is 0 Å². The van der Waals surface area contributed by atoms with Gasteiger partial charge in [0.1, 0.15) is 0 Å². The number of rotatable bonds is 2. The average Bonchev–Trinajstić information content (AvgIpc) is 2.04. The molecule has 2 atom stereocenters. The van der Waals surface area contributed by atoms with E-state index in [-0.39, 0.29) is 0 Å². The average molecular weight is 178 g/mol. The lowest BCUT2D eigenvalue weighted by Gasteiger charge is -2.27. The van der Waals surface area contributed by atoms with Gasteiger partial charge in [-0.2, -0.15) is 0 Å². The Labute approximate surface area is 82.7 Å². The Bertz CT molecular complexity index is 218. The number of hydrogen-bond donors (Lipinski definition) is 0. The van der Waals surface area contributed by atoms with E-state index in [0.29, 0.717) is 11.8 Å². The maximum atomic E-state index is 2.47. The molecule has 0 saturated heterocycles. The van der Waals surface area contributed by atoms with Gasteiger partial charge in [-0.15, -0.1) is 0 Å². The highest BCUT2D eigenvalue weighted by molar-refractivity contribution is 5.27. The normalized spacial score (nSPS) is 28.4. The highest BCUT2D eigenvalue weighted by Crippen LogP contribution is 2.31. The minimum Gasteiger partial charge on any atom is -0.0808 e. The van der Waals surface area contributed by atoms with Crippen LogP contribution in [0.1, 0.15) is 34.6 Å². The van der Waals surface area contributed by atoms with Crippen molar-refractivity contribution in [3.8, 4) is 0 Å². The van der Waals surface area contributed by atoms with E-state index in [1.807, 2.05) is 0 Å². The zero-order valence-corrected chi connectivity index (χ0v) is 9.54. The molecule has 0 aliphatic heterocycles. The molecular formula is C13H22. The van der Waals surface area contributed by atoms with Crippen molar-refractivity contribution in [3.05, 3.63) is 23.8 Å². The first-order valence-corrected chi connectivity index (χ1v) is 5.42. The van der Waals surface area contributed by atoms with Crippen molar-refractivity contribution in [1.82, 2.24) is 0 Å². The maximum absolute atomic E-state index is 2.47. The van der Waals surface area contributed by atoms with Gasteiger partial charge < -0.3 is 0 Å². The van der Waals surface area contributed by atoms with Gasteiger partial charge in [-0.25, -0.2) is 0 Å². The van der Waals surface area contributed by atoms with E-state index in [4.69, 9.17) is 0 Å². The molecular weight excluding hydrogens is 156 g/mol. The largest absolute Gasteiger partial charge is 0.0808 e. The van der Waals surface area contributed by atoms with E-state index in [9.17, 15) is 0 Å². The molecule has 0 amide bonds. The molecule has 0 radical (unpaired) electrons. The fraction of sp³-hybridized carbons (Fsp3) is 0.692. The van der Waals surface area contributed by atoms with Crippen molar-refractivity contribution in [3.63, 3.8) is 0 Å². The number of hydrogen-bond acceptors (Lipinski definition) is 0. The Balaban J connectivity index is 2.80. The Kier molecular flexibility index (Phi) is 3.35. The molecule has 0 bridgehead atoms. The molecule has 1 rings (SSSR count). The van der Waals surface area contributed by atoms with Crippen molar-refractivity contribution < 1.29 is 0 Å². The van der Waals surface area contributed by atoms with Gasteiger partial charge in [0.15, 0.2) is 0 Å². The predicted octanol–water partition coefficient (Wildman–Crippen LogP) is 4.05. The topological polar surface area (TPSA) is 0 Å². The van der Waals surface area contributed by atoms with Gasteiger partial charge in [0.2, 0.25) is 0 Å². The van der Waals surface area contributed by atoms with Gasteiger partial charge in [-0.1, -0.05) is 52.8 Å². The molecule has 0 spiro atoms. The van der Waals surface area contributed by atoms with Crippen LogP contribution in [0.2, 0.25) is 0 Å². The minimum atomic E-state index is 0.671.